The second-order valence-corrected chi connectivity index (χ2v) is 6.21. The molecule has 1 aliphatic rings. The van der Waals surface area contributed by atoms with E-state index in [2.05, 4.69) is 46.4 Å². The zero-order valence-corrected chi connectivity index (χ0v) is 12.0. The normalized spacial score (nSPS) is 20.2. The van der Waals surface area contributed by atoms with Crippen LogP contribution >= 0.6 is 27.7 Å². The lowest BCUT2D eigenvalue weighted by atomic mass is 9.99. The first-order valence-electron chi connectivity index (χ1n) is 5.90. The van der Waals surface area contributed by atoms with Gasteiger partial charge in [-0.15, -0.1) is 0 Å². The van der Waals surface area contributed by atoms with Crippen LogP contribution in [0.2, 0.25) is 0 Å². The van der Waals surface area contributed by atoms with E-state index in [1.165, 1.54) is 34.2 Å². The Morgan fingerprint density at radius 3 is 3.19 bits per heavy atom. The van der Waals surface area contributed by atoms with Gasteiger partial charge in [-0.25, -0.2) is 0 Å². The number of rotatable bonds is 3. The molecule has 1 aromatic rings. The summed E-state index contributed by atoms with van der Waals surface area (Å²) in [6.07, 6.45) is 2.45. The number of nitrogens with one attached hydrogen (secondary N) is 1. The van der Waals surface area contributed by atoms with Gasteiger partial charge in [-0.1, -0.05) is 28.9 Å². The number of halogens is 1. The zero-order chi connectivity index (χ0) is 11.4. The molecule has 0 spiro atoms. The van der Waals surface area contributed by atoms with Gasteiger partial charge in [0.05, 0.1) is 0 Å². The molecule has 2 rings (SSSR count). The fourth-order valence-electron chi connectivity index (χ4n) is 2.09. The maximum atomic E-state index is 3.66. The van der Waals surface area contributed by atoms with E-state index in [0.29, 0.717) is 6.04 Å². The minimum absolute atomic E-state index is 0.544. The molecule has 1 aromatic carbocycles. The SMILES string of the molecule is CCCNC1CCSCc2ccc(Br)cc21. The first-order valence-corrected chi connectivity index (χ1v) is 7.85. The Morgan fingerprint density at radius 1 is 1.50 bits per heavy atom. The number of thioether (sulfide) groups is 1. The summed E-state index contributed by atoms with van der Waals surface area (Å²) < 4.78 is 1.20. The summed E-state index contributed by atoms with van der Waals surface area (Å²) in [5.41, 5.74) is 2.99. The van der Waals surface area contributed by atoms with Crippen LogP contribution in [0.1, 0.15) is 36.9 Å². The summed E-state index contributed by atoms with van der Waals surface area (Å²) in [5, 5.41) is 3.66. The first kappa shape index (κ1) is 12.5. The maximum absolute atomic E-state index is 3.66. The van der Waals surface area contributed by atoms with Crippen molar-refractivity contribution >= 4 is 27.7 Å². The maximum Gasteiger partial charge on any atom is 0.0331 e. The Balaban J connectivity index is 2.24. The molecule has 0 aliphatic carbocycles. The second-order valence-electron chi connectivity index (χ2n) is 4.19. The van der Waals surface area contributed by atoms with Crippen LogP contribution < -0.4 is 5.32 Å². The number of hydrogen-bond acceptors (Lipinski definition) is 2. The fourth-order valence-corrected chi connectivity index (χ4v) is 3.50. The molecule has 88 valence electrons. The van der Waals surface area contributed by atoms with Gasteiger partial charge in [0, 0.05) is 16.3 Å². The predicted octanol–water partition coefficient (Wildman–Crippen LogP) is 4.13. The Bertz CT molecular complexity index is 354. The van der Waals surface area contributed by atoms with Gasteiger partial charge in [-0.3, -0.25) is 0 Å². The molecule has 3 heteroatoms. The third-order valence-electron chi connectivity index (χ3n) is 2.93. The molecule has 1 unspecified atom stereocenters. The highest BCUT2D eigenvalue weighted by Gasteiger charge is 2.18. The molecule has 0 saturated heterocycles. The molecule has 0 amide bonds. The quantitative estimate of drug-likeness (QED) is 0.901. The van der Waals surface area contributed by atoms with E-state index in [9.17, 15) is 0 Å². The van der Waals surface area contributed by atoms with E-state index >= 15 is 0 Å². The molecule has 0 bridgehead atoms. The van der Waals surface area contributed by atoms with Crippen molar-refractivity contribution in [3.63, 3.8) is 0 Å². The lowest BCUT2D eigenvalue weighted by Crippen LogP contribution is -2.22. The first-order chi connectivity index (χ1) is 7.81. The van der Waals surface area contributed by atoms with E-state index in [1.54, 1.807) is 0 Å². The summed E-state index contributed by atoms with van der Waals surface area (Å²) in [4.78, 5) is 0. The van der Waals surface area contributed by atoms with Crippen molar-refractivity contribution in [2.24, 2.45) is 0 Å². The fraction of sp³-hybridized carbons (Fsp3) is 0.538. The largest absolute Gasteiger partial charge is 0.310 e. The topological polar surface area (TPSA) is 12.0 Å². The van der Waals surface area contributed by atoms with Crippen LogP contribution in [0.15, 0.2) is 22.7 Å². The Kier molecular flexibility index (Phi) is 4.74. The van der Waals surface area contributed by atoms with Crippen molar-refractivity contribution in [3.8, 4) is 0 Å². The summed E-state index contributed by atoms with van der Waals surface area (Å²) in [5.74, 6) is 2.42. The molecule has 1 aliphatic heterocycles. The molecule has 1 heterocycles. The smallest absolute Gasteiger partial charge is 0.0331 e. The highest BCUT2D eigenvalue weighted by Crippen LogP contribution is 2.32. The highest BCUT2D eigenvalue weighted by atomic mass is 79.9. The minimum Gasteiger partial charge on any atom is -0.310 e. The Labute approximate surface area is 111 Å². The van der Waals surface area contributed by atoms with Crippen molar-refractivity contribution in [3.05, 3.63) is 33.8 Å². The monoisotopic (exact) mass is 299 g/mol. The Morgan fingerprint density at radius 2 is 2.38 bits per heavy atom. The van der Waals surface area contributed by atoms with E-state index in [4.69, 9.17) is 0 Å². The van der Waals surface area contributed by atoms with Crippen LogP contribution in [0, 0.1) is 0 Å². The van der Waals surface area contributed by atoms with Crippen LogP contribution in [0.25, 0.3) is 0 Å². The third-order valence-corrected chi connectivity index (χ3v) is 4.47. The molecule has 1 nitrogen and oxygen atoms in total. The van der Waals surface area contributed by atoms with Gasteiger partial charge in [0.25, 0.3) is 0 Å². The molecule has 1 N–H and O–H groups in total. The minimum atomic E-state index is 0.544. The summed E-state index contributed by atoms with van der Waals surface area (Å²) >= 11 is 5.62. The highest BCUT2D eigenvalue weighted by molar-refractivity contribution is 9.10. The molecular weight excluding hydrogens is 282 g/mol. The van der Waals surface area contributed by atoms with Gasteiger partial charge in [0.15, 0.2) is 0 Å². The van der Waals surface area contributed by atoms with Crippen LogP contribution in [0.4, 0.5) is 0 Å². The van der Waals surface area contributed by atoms with Crippen molar-refractivity contribution in [2.75, 3.05) is 12.3 Å². The van der Waals surface area contributed by atoms with Gasteiger partial charge in [0.1, 0.15) is 0 Å². The standard InChI is InChI=1S/C13H18BrNS/c1-2-6-15-13-5-7-16-9-10-3-4-11(14)8-12(10)13/h3-4,8,13,15H,2,5-7,9H2,1H3. The average molecular weight is 300 g/mol. The molecule has 0 aromatic heterocycles. The number of hydrogen-bond donors (Lipinski definition) is 1. The van der Waals surface area contributed by atoms with Gasteiger partial charge in [-0.05, 0) is 48.4 Å². The lowest BCUT2D eigenvalue weighted by molar-refractivity contribution is 0.521. The van der Waals surface area contributed by atoms with E-state index < -0.39 is 0 Å². The van der Waals surface area contributed by atoms with Crippen LogP contribution in [-0.4, -0.2) is 12.3 Å². The van der Waals surface area contributed by atoms with Crippen molar-refractivity contribution in [1.82, 2.24) is 5.32 Å². The third kappa shape index (κ3) is 3.02. The zero-order valence-electron chi connectivity index (χ0n) is 9.63. The number of benzene rings is 1. The average Bonchev–Trinajstić information content (AvgIpc) is 2.48. The van der Waals surface area contributed by atoms with Crippen LogP contribution in [-0.2, 0) is 5.75 Å². The van der Waals surface area contributed by atoms with Gasteiger partial charge in [0.2, 0.25) is 0 Å². The molecule has 0 saturated carbocycles. The van der Waals surface area contributed by atoms with Crippen molar-refractivity contribution < 1.29 is 0 Å². The Hall–Kier alpha value is 0.01000. The van der Waals surface area contributed by atoms with Crippen LogP contribution in [0.5, 0.6) is 0 Å². The van der Waals surface area contributed by atoms with Gasteiger partial charge in [-0.2, -0.15) is 11.8 Å². The molecule has 16 heavy (non-hydrogen) atoms. The molecule has 1 atom stereocenters. The van der Waals surface area contributed by atoms with Crippen LogP contribution in [0.3, 0.4) is 0 Å². The lowest BCUT2D eigenvalue weighted by Gasteiger charge is -2.19. The summed E-state index contributed by atoms with van der Waals surface area (Å²) in [6.45, 7) is 3.33. The van der Waals surface area contributed by atoms with Gasteiger partial charge >= 0.3 is 0 Å². The molecule has 0 radical (unpaired) electrons. The van der Waals surface area contributed by atoms with E-state index in [-0.39, 0.29) is 0 Å². The summed E-state index contributed by atoms with van der Waals surface area (Å²) in [6, 6.07) is 7.25. The number of fused-ring (bicyclic) bond motifs is 1. The predicted molar refractivity (Wildman–Crippen MR) is 76.0 cm³/mol. The van der Waals surface area contributed by atoms with Crippen molar-refractivity contribution in [2.45, 2.75) is 31.6 Å². The molecular formula is C13H18BrNS. The van der Waals surface area contributed by atoms with Gasteiger partial charge < -0.3 is 5.32 Å². The molecule has 0 fully saturated rings. The second kappa shape index (κ2) is 6.08. The summed E-state index contributed by atoms with van der Waals surface area (Å²) in [7, 11) is 0. The van der Waals surface area contributed by atoms with Crippen molar-refractivity contribution in [1.29, 1.82) is 0 Å². The van der Waals surface area contributed by atoms with E-state index in [0.717, 1.165) is 12.3 Å². The van der Waals surface area contributed by atoms with E-state index in [1.807, 2.05) is 11.8 Å².